The van der Waals surface area contributed by atoms with E-state index in [1.165, 1.54) is 21.5 Å². The van der Waals surface area contributed by atoms with E-state index in [1.54, 1.807) is 0 Å². The fraction of sp³-hybridized carbons (Fsp3) is 0. The molecule has 1 nitrogen and oxygen atoms in total. The minimum atomic E-state index is 1.15. The topological polar surface area (TPSA) is 3.24 Å². The molecule has 0 bridgehead atoms. The van der Waals surface area contributed by atoms with Gasteiger partial charge in [0.15, 0.2) is 0 Å². The number of hydrogen-bond donors (Lipinski definition) is 0. The van der Waals surface area contributed by atoms with Gasteiger partial charge in [0.25, 0.3) is 0 Å². The number of rotatable bonds is 3. The largest absolute Gasteiger partial charge is 0.317 e. The highest BCUT2D eigenvalue weighted by Gasteiger charge is 2.11. The van der Waals surface area contributed by atoms with E-state index in [2.05, 4.69) is 96.4 Å². The third-order valence-electron chi connectivity index (χ3n) is 4.23. The van der Waals surface area contributed by atoms with Gasteiger partial charge in [-0.2, -0.15) is 0 Å². The Kier molecular flexibility index (Phi) is 3.32. The first-order valence-electron chi connectivity index (χ1n) is 7.76. The molecule has 0 saturated carbocycles. The quantitative estimate of drug-likeness (QED) is 0.430. The number of benzene rings is 4. The summed E-state index contributed by atoms with van der Waals surface area (Å²) in [6.07, 6.45) is 1.89. The molecule has 0 aliphatic rings. The predicted molar refractivity (Wildman–Crippen MR) is 100 cm³/mol. The highest BCUT2D eigenvalue weighted by atomic mass is 15.1. The molecule has 0 aromatic heterocycles. The molecule has 0 saturated heterocycles. The molecular formula is C22H17N. The Hall–Kier alpha value is -3.06. The molecule has 0 atom stereocenters. The Morgan fingerprint density at radius 1 is 0.565 bits per heavy atom. The molecule has 0 unspecified atom stereocenters. The first-order chi connectivity index (χ1) is 11.4. The van der Waals surface area contributed by atoms with Gasteiger partial charge in [0.05, 0.1) is 11.4 Å². The van der Waals surface area contributed by atoms with Crippen LogP contribution in [0.3, 0.4) is 0 Å². The van der Waals surface area contributed by atoms with Crippen LogP contribution in [0.4, 0.5) is 11.4 Å². The fourth-order valence-electron chi connectivity index (χ4n) is 3.16. The molecule has 0 aliphatic heterocycles. The number of fused-ring (bicyclic) bond motifs is 2. The Morgan fingerprint density at radius 3 is 1.48 bits per heavy atom. The van der Waals surface area contributed by atoms with Crippen LogP contribution in [0.2, 0.25) is 0 Å². The van der Waals surface area contributed by atoms with Crippen LogP contribution in [0, 0.1) is 0 Å². The summed E-state index contributed by atoms with van der Waals surface area (Å²) in [5.41, 5.74) is 2.30. The molecule has 1 heteroatoms. The molecule has 4 aromatic carbocycles. The molecule has 0 radical (unpaired) electrons. The fourth-order valence-corrected chi connectivity index (χ4v) is 3.16. The van der Waals surface area contributed by atoms with Crippen molar-refractivity contribution in [3.8, 4) is 0 Å². The molecule has 110 valence electrons. The molecule has 0 amide bonds. The van der Waals surface area contributed by atoms with Crippen molar-refractivity contribution in [1.29, 1.82) is 0 Å². The van der Waals surface area contributed by atoms with Gasteiger partial charge in [-0.1, -0.05) is 79.4 Å². The van der Waals surface area contributed by atoms with Crippen molar-refractivity contribution in [2.75, 3.05) is 4.90 Å². The SMILES string of the molecule is C=CN(c1cccc2ccccc12)c1cccc2ccccc12. The Labute approximate surface area is 136 Å². The van der Waals surface area contributed by atoms with E-state index in [1.807, 2.05) is 6.20 Å². The lowest BCUT2D eigenvalue weighted by molar-refractivity contribution is 1.32. The van der Waals surface area contributed by atoms with Crippen LogP contribution in [-0.2, 0) is 0 Å². The van der Waals surface area contributed by atoms with Gasteiger partial charge in [0, 0.05) is 17.0 Å². The van der Waals surface area contributed by atoms with E-state index in [9.17, 15) is 0 Å². The van der Waals surface area contributed by atoms with Crippen molar-refractivity contribution in [1.82, 2.24) is 0 Å². The maximum absolute atomic E-state index is 4.05. The summed E-state index contributed by atoms with van der Waals surface area (Å²) in [4.78, 5) is 2.17. The van der Waals surface area contributed by atoms with Gasteiger partial charge in [-0.05, 0) is 22.9 Å². The third-order valence-corrected chi connectivity index (χ3v) is 4.23. The van der Waals surface area contributed by atoms with E-state index < -0.39 is 0 Å². The molecule has 0 heterocycles. The van der Waals surface area contributed by atoms with Gasteiger partial charge in [-0.3, -0.25) is 0 Å². The maximum Gasteiger partial charge on any atom is 0.0533 e. The molecule has 4 rings (SSSR count). The molecule has 0 fully saturated rings. The smallest absolute Gasteiger partial charge is 0.0533 e. The van der Waals surface area contributed by atoms with E-state index in [-0.39, 0.29) is 0 Å². The summed E-state index contributed by atoms with van der Waals surface area (Å²) in [6, 6.07) is 29.7. The third kappa shape index (κ3) is 2.27. The summed E-state index contributed by atoms with van der Waals surface area (Å²) in [6.45, 7) is 4.05. The zero-order valence-corrected chi connectivity index (χ0v) is 12.8. The van der Waals surface area contributed by atoms with Crippen LogP contribution in [0.15, 0.2) is 97.7 Å². The standard InChI is InChI=1S/C22H17N/c1-2-23(21-15-7-11-17-9-3-5-13-19(17)21)22-16-8-12-18-10-4-6-14-20(18)22/h2-16H,1H2. The Balaban J connectivity index is 1.99. The molecule has 0 spiro atoms. The second-order valence-corrected chi connectivity index (χ2v) is 5.55. The normalized spacial score (nSPS) is 10.8. The van der Waals surface area contributed by atoms with Gasteiger partial charge in [0.1, 0.15) is 0 Å². The van der Waals surface area contributed by atoms with Crippen LogP contribution < -0.4 is 4.90 Å². The first kappa shape index (κ1) is 13.6. The van der Waals surface area contributed by atoms with E-state index in [0.717, 1.165) is 11.4 Å². The number of anilines is 2. The van der Waals surface area contributed by atoms with E-state index in [4.69, 9.17) is 0 Å². The van der Waals surface area contributed by atoms with Gasteiger partial charge in [-0.15, -0.1) is 0 Å². The zero-order chi connectivity index (χ0) is 15.6. The Bertz CT molecular complexity index is 911. The lowest BCUT2D eigenvalue weighted by Crippen LogP contribution is -2.08. The number of nitrogens with zero attached hydrogens (tertiary/aromatic N) is 1. The van der Waals surface area contributed by atoms with Crippen LogP contribution in [0.5, 0.6) is 0 Å². The molecule has 0 N–H and O–H groups in total. The van der Waals surface area contributed by atoms with Gasteiger partial charge in [0.2, 0.25) is 0 Å². The van der Waals surface area contributed by atoms with E-state index >= 15 is 0 Å². The van der Waals surface area contributed by atoms with Crippen molar-refractivity contribution < 1.29 is 0 Å². The van der Waals surface area contributed by atoms with Crippen LogP contribution in [0.25, 0.3) is 21.5 Å². The van der Waals surface area contributed by atoms with Crippen molar-refractivity contribution in [3.63, 3.8) is 0 Å². The summed E-state index contributed by atoms with van der Waals surface area (Å²) in [5.74, 6) is 0. The van der Waals surface area contributed by atoms with Crippen molar-refractivity contribution in [2.45, 2.75) is 0 Å². The predicted octanol–water partition coefficient (Wildman–Crippen LogP) is 6.27. The van der Waals surface area contributed by atoms with Crippen molar-refractivity contribution in [2.24, 2.45) is 0 Å². The summed E-state index contributed by atoms with van der Waals surface area (Å²) in [5, 5.41) is 4.92. The monoisotopic (exact) mass is 295 g/mol. The minimum absolute atomic E-state index is 1.15. The van der Waals surface area contributed by atoms with Gasteiger partial charge in [-0.25, -0.2) is 0 Å². The minimum Gasteiger partial charge on any atom is -0.317 e. The van der Waals surface area contributed by atoms with Gasteiger partial charge < -0.3 is 4.90 Å². The van der Waals surface area contributed by atoms with Crippen molar-refractivity contribution >= 4 is 32.9 Å². The maximum atomic E-state index is 4.05. The lowest BCUT2D eigenvalue weighted by Gasteiger charge is -2.23. The second kappa shape index (κ2) is 5.62. The Morgan fingerprint density at radius 2 is 1.00 bits per heavy atom. The molecule has 23 heavy (non-hydrogen) atoms. The van der Waals surface area contributed by atoms with Gasteiger partial charge >= 0.3 is 0 Å². The summed E-state index contributed by atoms with van der Waals surface area (Å²) < 4.78 is 0. The zero-order valence-electron chi connectivity index (χ0n) is 12.8. The number of hydrogen-bond acceptors (Lipinski definition) is 1. The summed E-state index contributed by atoms with van der Waals surface area (Å²) >= 11 is 0. The van der Waals surface area contributed by atoms with Crippen molar-refractivity contribution in [3.05, 3.63) is 97.7 Å². The second-order valence-electron chi connectivity index (χ2n) is 5.55. The highest BCUT2D eigenvalue weighted by Crippen LogP contribution is 2.36. The average molecular weight is 295 g/mol. The first-order valence-corrected chi connectivity index (χ1v) is 7.76. The molecular weight excluding hydrogens is 278 g/mol. The lowest BCUT2D eigenvalue weighted by atomic mass is 10.1. The highest BCUT2D eigenvalue weighted by molar-refractivity contribution is 6.02. The van der Waals surface area contributed by atoms with Crippen LogP contribution in [-0.4, -0.2) is 0 Å². The van der Waals surface area contributed by atoms with E-state index in [0.29, 0.717) is 0 Å². The molecule has 4 aromatic rings. The van der Waals surface area contributed by atoms with Crippen LogP contribution >= 0.6 is 0 Å². The average Bonchev–Trinajstić information content (AvgIpc) is 2.63. The molecule has 0 aliphatic carbocycles. The van der Waals surface area contributed by atoms with Crippen LogP contribution in [0.1, 0.15) is 0 Å². The summed E-state index contributed by atoms with van der Waals surface area (Å²) in [7, 11) is 0.